The van der Waals surface area contributed by atoms with Crippen LogP contribution in [-0.2, 0) is 10.3 Å². The molecule has 6 rings (SSSR count). The van der Waals surface area contributed by atoms with Gasteiger partial charge in [0.2, 0.25) is 0 Å². The number of rotatable bonds is 2. The molecule has 0 fully saturated rings. The van der Waals surface area contributed by atoms with Crippen molar-refractivity contribution in [2.45, 2.75) is 18.1 Å². The summed E-state index contributed by atoms with van der Waals surface area (Å²) in [5.41, 5.74) is 2.03. The molecule has 0 spiro atoms. The van der Waals surface area contributed by atoms with Gasteiger partial charge in [-0.1, -0.05) is 66.7 Å². The first-order chi connectivity index (χ1) is 19.7. The minimum Gasteiger partial charge on any atom is -0.489 e. The van der Waals surface area contributed by atoms with E-state index >= 15 is 0 Å². The third-order valence-corrected chi connectivity index (χ3v) is 9.20. The largest absolute Gasteiger partial charge is 0.489 e. The van der Waals surface area contributed by atoms with Crippen LogP contribution in [0.4, 0.5) is 0 Å². The van der Waals surface area contributed by atoms with Crippen LogP contribution in [0.15, 0.2) is 84.9 Å². The van der Waals surface area contributed by atoms with Crippen molar-refractivity contribution in [3.8, 4) is 17.2 Å². The van der Waals surface area contributed by atoms with Crippen LogP contribution < -0.4 is 14.2 Å². The third kappa shape index (κ3) is 5.79. The second kappa shape index (κ2) is 12.8. The molecular weight excluding hydrogens is 540 g/mol. The maximum atomic E-state index is 11.8. The van der Waals surface area contributed by atoms with Gasteiger partial charge in [-0.05, 0) is 29.0 Å². The van der Waals surface area contributed by atoms with E-state index in [1.165, 1.54) is 0 Å². The minimum atomic E-state index is -0.798. The standard InChI is InChI=1S/C33H34O5S2/c34-28-23-33(25-7-3-1-4-8-25,26-9-5-2-6-10-26)38-29-12-11-24-21-30-31(22-27(24)32(28)29)37-16-20-40-18-14-35-13-17-39-19-15-36-30/h1-12,21-22,28,34H,13-20,23H2. The smallest absolute Gasteiger partial charge is 0.162 e. The predicted octanol–water partition coefficient (Wildman–Crippen LogP) is 6.85. The number of aliphatic hydroxyl groups excluding tert-OH is 1. The fraction of sp³-hybridized carbons (Fsp3) is 0.333. The molecule has 0 saturated carbocycles. The molecule has 1 atom stereocenters. The molecule has 0 radical (unpaired) electrons. The summed E-state index contributed by atoms with van der Waals surface area (Å²) in [6.45, 7) is 2.70. The first-order valence-corrected chi connectivity index (χ1v) is 16.1. The fourth-order valence-corrected chi connectivity index (χ4v) is 6.78. The van der Waals surface area contributed by atoms with E-state index in [0.717, 1.165) is 69.4 Å². The van der Waals surface area contributed by atoms with Crippen molar-refractivity contribution < 1.29 is 24.1 Å². The van der Waals surface area contributed by atoms with Gasteiger partial charge in [-0.25, -0.2) is 0 Å². The normalized spacial score (nSPS) is 20.0. The summed E-state index contributed by atoms with van der Waals surface area (Å²) >= 11 is 3.66. The van der Waals surface area contributed by atoms with E-state index in [4.69, 9.17) is 18.9 Å². The molecule has 0 aliphatic carbocycles. The zero-order valence-electron chi connectivity index (χ0n) is 22.4. The maximum absolute atomic E-state index is 11.8. The molecule has 0 aromatic heterocycles. The SMILES string of the molecule is OC1CC(c2ccccc2)(c2ccccc2)Oc2ccc3cc4c(cc3c21)OCCSCCOCCSCCO4. The Morgan fingerprint density at radius 2 is 1.23 bits per heavy atom. The lowest BCUT2D eigenvalue weighted by atomic mass is 9.77. The van der Waals surface area contributed by atoms with Crippen LogP contribution in [0.3, 0.4) is 0 Å². The highest BCUT2D eigenvalue weighted by Gasteiger charge is 2.44. The molecule has 1 unspecified atom stereocenters. The van der Waals surface area contributed by atoms with Crippen LogP contribution >= 0.6 is 23.5 Å². The van der Waals surface area contributed by atoms with Crippen LogP contribution in [0.25, 0.3) is 10.8 Å². The van der Waals surface area contributed by atoms with Crippen molar-refractivity contribution in [1.29, 1.82) is 0 Å². The molecule has 4 aromatic rings. The molecule has 2 aliphatic rings. The van der Waals surface area contributed by atoms with Crippen LogP contribution in [0, 0.1) is 0 Å². The Kier molecular flexibility index (Phi) is 8.73. The number of aliphatic hydroxyl groups is 1. The molecule has 0 bridgehead atoms. The Bertz CT molecular complexity index is 1370. The second-order valence-corrected chi connectivity index (χ2v) is 12.4. The summed E-state index contributed by atoms with van der Waals surface area (Å²) in [6, 6.07) is 28.5. The summed E-state index contributed by atoms with van der Waals surface area (Å²) in [7, 11) is 0. The van der Waals surface area contributed by atoms with Crippen LogP contribution in [-0.4, -0.2) is 54.5 Å². The Labute approximate surface area is 244 Å². The molecule has 2 aliphatic heterocycles. The Hall–Kier alpha value is -2.84. The lowest BCUT2D eigenvalue weighted by molar-refractivity contribution is 0.0116. The number of hydrogen-bond donors (Lipinski definition) is 1. The number of thioether (sulfide) groups is 2. The number of benzene rings is 4. The van der Waals surface area contributed by atoms with E-state index in [9.17, 15) is 5.11 Å². The van der Waals surface area contributed by atoms with E-state index in [0.29, 0.717) is 31.1 Å². The molecule has 7 heteroatoms. The highest BCUT2D eigenvalue weighted by molar-refractivity contribution is 7.99. The van der Waals surface area contributed by atoms with Gasteiger partial charge in [-0.3, -0.25) is 0 Å². The summed E-state index contributed by atoms with van der Waals surface area (Å²) in [4.78, 5) is 0. The van der Waals surface area contributed by atoms with Crippen molar-refractivity contribution >= 4 is 34.3 Å². The summed E-state index contributed by atoms with van der Waals surface area (Å²) in [6.07, 6.45) is -0.335. The van der Waals surface area contributed by atoms with E-state index in [-0.39, 0.29) is 0 Å². The zero-order valence-corrected chi connectivity index (χ0v) is 24.1. The fourth-order valence-electron chi connectivity index (χ4n) is 5.49. The van der Waals surface area contributed by atoms with Gasteiger partial charge in [0.15, 0.2) is 17.1 Å². The Morgan fingerprint density at radius 3 is 1.85 bits per heavy atom. The summed E-state index contributed by atoms with van der Waals surface area (Å²) in [5.74, 6) is 5.79. The number of fused-ring (bicyclic) bond motifs is 4. The Balaban J connectivity index is 1.38. The van der Waals surface area contributed by atoms with Gasteiger partial charge in [0.25, 0.3) is 0 Å². The zero-order chi connectivity index (χ0) is 27.2. The van der Waals surface area contributed by atoms with E-state index < -0.39 is 11.7 Å². The van der Waals surface area contributed by atoms with Gasteiger partial charge in [0.1, 0.15) is 5.75 Å². The second-order valence-electron chi connectivity index (χ2n) is 9.91. The lowest BCUT2D eigenvalue weighted by Gasteiger charge is -2.42. The first-order valence-electron chi connectivity index (χ1n) is 13.8. The van der Waals surface area contributed by atoms with E-state index in [2.05, 4.69) is 24.3 Å². The topological polar surface area (TPSA) is 57.2 Å². The molecule has 40 heavy (non-hydrogen) atoms. The third-order valence-electron chi connectivity index (χ3n) is 7.38. The van der Waals surface area contributed by atoms with Gasteiger partial charge in [-0.2, -0.15) is 23.5 Å². The van der Waals surface area contributed by atoms with Crippen molar-refractivity contribution in [3.63, 3.8) is 0 Å². The number of ether oxygens (including phenoxy) is 4. The first kappa shape index (κ1) is 27.3. The maximum Gasteiger partial charge on any atom is 0.162 e. The van der Waals surface area contributed by atoms with Gasteiger partial charge in [0.05, 0.1) is 32.5 Å². The average Bonchev–Trinajstić information content (AvgIpc) is 3.00. The Morgan fingerprint density at radius 1 is 0.650 bits per heavy atom. The summed E-state index contributed by atoms with van der Waals surface area (Å²) < 4.78 is 25.1. The molecule has 1 N–H and O–H groups in total. The van der Waals surface area contributed by atoms with Crippen molar-refractivity contribution in [2.24, 2.45) is 0 Å². The van der Waals surface area contributed by atoms with Crippen LogP contribution in [0.1, 0.15) is 29.2 Å². The van der Waals surface area contributed by atoms with Gasteiger partial charge < -0.3 is 24.1 Å². The van der Waals surface area contributed by atoms with E-state index in [1.807, 2.05) is 84.2 Å². The van der Waals surface area contributed by atoms with E-state index in [1.54, 1.807) is 0 Å². The average molecular weight is 575 g/mol. The quantitative estimate of drug-likeness (QED) is 0.281. The van der Waals surface area contributed by atoms with Gasteiger partial charge in [-0.15, -0.1) is 0 Å². The van der Waals surface area contributed by atoms with Crippen molar-refractivity contribution in [1.82, 2.24) is 0 Å². The number of hydrogen-bond acceptors (Lipinski definition) is 7. The molecule has 208 valence electrons. The predicted molar refractivity (Wildman–Crippen MR) is 164 cm³/mol. The monoisotopic (exact) mass is 574 g/mol. The minimum absolute atomic E-state index is 0.400. The molecular formula is C33H34O5S2. The van der Waals surface area contributed by atoms with Crippen LogP contribution in [0.2, 0.25) is 0 Å². The summed E-state index contributed by atoms with van der Waals surface area (Å²) in [5, 5.41) is 13.7. The lowest BCUT2D eigenvalue weighted by Crippen LogP contribution is -2.39. The molecule has 0 amide bonds. The molecule has 4 aromatic carbocycles. The van der Waals surface area contributed by atoms with Crippen molar-refractivity contribution in [2.75, 3.05) is 49.4 Å². The highest BCUT2D eigenvalue weighted by Crippen LogP contribution is 2.51. The van der Waals surface area contributed by atoms with Gasteiger partial charge >= 0.3 is 0 Å². The molecule has 2 heterocycles. The molecule has 5 nitrogen and oxygen atoms in total. The highest BCUT2D eigenvalue weighted by atomic mass is 32.2. The van der Waals surface area contributed by atoms with Crippen LogP contribution in [0.5, 0.6) is 17.2 Å². The van der Waals surface area contributed by atoms with Gasteiger partial charge in [0, 0.05) is 46.1 Å². The molecule has 0 saturated heterocycles. The van der Waals surface area contributed by atoms with Crippen molar-refractivity contribution in [3.05, 3.63) is 102 Å².